The summed E-state index contributed by atoms with van der Waals surface area (Å²) in [6.07, 6.45) is 2.46. The lowest BCUT2D eigenvalue weighted by Gasteiger charge is -2.36. The summed E-state index contributed by atoms with van der Waals surface area (Å²) in [4.78, 5) is 18.4. The molecule has 8 heteroatoms. The Morgan fingerprint density at radius 2 is 1.91 bits per heavy atom. The van der Waals surface area contributed by atoms with Crippen molar-refractivity contribution in [1.82, 2.24) is 19.5 Å². The van der Waals surface area contributed by atoms with E-state index in [0.717, 1.165) is 16.0 Å². The molecule has 0 spiro atoms. The standard InChI is InChI=1S/C26H24Cl2N4O2/c1-26(2,3)34-25(33)31-12-19-10-16(18-6-9-24-29-15-30-32(24)13-18)4-7-20(19)21(14-31)17-5-8-22(27)23(28)11-17/h4-11,13,15,21H,12,14H2,1-3H3/i14D2,21D. The van der Waals surface area contributed by atoms with Gasteiger partial charge in [0.2, 0.25) is 0 Å². The molecule has 0 bridgehead atoms. The van der Waals surface area contributed by atoms with Gasteiger partial charge in [0.1, 0.15) is 11.9 Å². The Bertz CT molecular complexity index is 1540. The van der Waals surface area contributed by atoms with Crippen LogP contribution in [0.3, 0.4) is 0 Å². The molecule has 1 atom stereocenters. The second-order valence-electron chi connectivity index (χ2n) is 9.03. The molecule has 0 radical (unpaired) electrons. The quantitative estimate of drug-likeness (QED) is 0.313. The van der Waals surface area contributed by atoms with Gasteiger partial charge in [-0.15, -0.1) is 0 Å². The molecular formula is C26H24Cl2N4O2. The van der Waals surface area contributed by atoms with Crippen molar-refractivity contribution in [2.24, 2.45) is 0 Å². The molecule has 3 heterocycles. The fraction of sp³-hybridized carbons (Fsp3) is 0.269. The molecule has 0 saturated carbocycles. The molecule has 1 unspecified atom stereocenters. The highest BCUT2D eigenvalue weighted by atomic mass is 35.5. The highest BCUT2D eigenvalue weighted by Gasteiger charge is 2.32. The molecule has 0 aliphatic carbocycles. The number of ether oxygens (including phenoxy) is 1. The SMILES string of the molecule is [2H]C1(c2ccc(Cl)c(Cl)c2)c2ccc(-c3ccc4ncnn4c3)cc2CN(C(=O)OC(C)(C)C)C1([2H])[2H]. The Labute approximate surface area is 212 Å². The van der Waals surface area contributed by atoms with Gasteiger partial charge in [0.15, 0.2) is 5.65 Å². The molecule has 2 aromatic heterocycles. The molecule has 1 aliphatic heterocycles. The van der Waals surface area contributed by atoms with E-state index in [9.17, 15) is 6.17 Å². The van der Waals surface area contributed by atoms with Crippen LogP contribution < -0.4 is 0 Å². The lowest BCUT2D eigenvalue weighted by Crippen LogP contribution is -2.41. The fourth-order valence-corrected chi connectivity index (χ4v) is 4.14. The number of rotatable bonds is 2. The van der Waals surface area contributed by atoms with Gasteiger partial charge < -0.3 is 9.64 Å². The summed E-state index contributed by atoms with van der Waals surface area (Å²) < 4.78 is 34.9. The predicted molar refractivity (Wildman–Crippen MR) is 133 cm³/mol. The second-order valence-corrected chi connectivity index (χ2v) is 9.85. The van der Waals surface area contributed by atoms with Crippen LogP contribution in [-0.4, -0.2) is 37.7 Å². The monoisotopic (exact) mass is 497 g/mol. The van der Waals surface area contributed by atoms with Crippen LogP contribution in [0.4, 0.5) is 4.79 Å². The third-order valence-corrected chi connectivity index (χ3v) is 6.12. The molecule has 1 amide bonds. The number of carbonyl (C=O) groups is 1. The van der Waals surface area contributed by atoms with Crippen molar-refractivity contribution in [2.75, 3.05) is 6.50 Å². The van der Waals surface area contributed by atoms with Crippen LogP contribution in [0, 0.1) is 0 Å². The number of benzene rings is 2. The molecule has 0 saturated heterocycles. The maximum absolute atomic E-state index is 13.3. The van der Waals surface area contributed by atoms with Crippen molar-refractivity contribution >= 4 is 34.9 Å². The molecule has 34 heavy (non-hydrogen) atoms. The Hall–Kier alpha value is -3.09. The maximum Gasteiger partial charge on any atom is 0.410 e. The van der Waals surface area contributed by atoms with Crippen molar-refractivity contribution in [3.05, 3.63) is 87.8 Å². The number of carbonyl (C=O) groups excluding carboxylic acids is 1. The normalized spacial score (nSPS) is 20.9. The second kappa shape index (κ2) is 8.60. The largest absolute Gasteiger partial charge is 0.444 e. The Kier molecular flexibility index (Phi) is 4.87. The van der Waals surface area contributed by atoms with Crippen LogP contribution in [0.25, 0.3) is 16.8 Å². The summed E-state index contributed by atoms with van der Waals surface area (Å²) in [7, 11) is 0. The van der Waals surface area contributed by atoms with Gasteiger partial charge >= 0.3 is 6.09 Å². The first-order valence-corrected chi connectivity index (χ1v) is 11.5. The van der Waals surface area contributed by atoms with Crippen LogP contribution in [0.1, 0.15) is 47.5 Å². The van der Waals surface area contributed by atoms with Crippen LogP contribution in [0.5, 0.6) is 0 Å². The minimum atomic E-state index is -2.49. The number of nitrogens with zero attached hydrogens (tertiary/aromatic N) is 4. The minimum Gasteiger partial charge on any atom is -0.444 e. The Balaban J connectivity index is 1.70. The number of hydrogen-bond donors (Lipinski definition) is 0. The first kappa shape index (κ1) is 19.2. The number of fused-ring (bicyclic) bond motifs is 2. The van der Waals surface area contributed by atoms with E-state index in [1.165, 1.54) is 18.5 Å². The van der Waals surface area contributed by atoms with E-state index in [2.05, 4.69) is 10.1 Å². The van der Waals surface area contributed by atoms with Gasteiger partial charge in [0.25, 0.3) is 0 Å². The number of hydrogen-bond acceptors (Lipinski definition) is 4. The summed E-state index contributed by atoms with van der Waals surface area (Å²) in [5.41, 5.74) is 2.81. The number of pyridine rings is 1. The Morgan fingerprint density at radius 3 is 2.68 bits per heavy atom. The Morgan fingerprint density at radius 1 is 1.12 bits per heavy atom. The van der Waals surface area contributed by atoms with Gasteiger partial charge in [0.05, 0.1) is 12.8 Å². The molecule has 0 N–H and O–H groups in total. The van der Waals surface area contributed by atoms with E-state index in [0.29, 0.717) is 16.8 Å². The topological polar surface area (TPSA) is 59.7 Å². The molecule has 0 fully saturated rings. The van der Waals surface area contributed by atoms with Gasteiger partial charge in [-0.05, 0) is 73.4 Å². The molecular weight excluding hydrogens is 471 g/mol. The first-order valence-electron chi connectivity index (χ1n) is 12.2. The highest BCUT2D eigenvalue weighted by molar-refractivity contribution is 6.42. The molecule has 5 rings (SSSR count). The minimum absolute atomic E-state index is 0.0847. The van der Waals surface area contributed by atoms with Gasteiger partial charge in [-0.3, -0.25) is 0 Å². The van der Waals surface area contributed by atoms with E-state index in [1.54, 1.807) is 37.4 Å². The van der Waals surface area contributed by atoms with Crippen LogP contribution in [0.15, 0.2) is 61.1 Å². The summed E-state index contributed by atoms with van der Waals surface area (Å²) in [5, 5.41) is 4.67. The molecule has 1 aliphatic rings. The number of aromatic nitrogens is 3. The van der Waals surface area contributed by atoms with Crippen molar-refractivity contribution in [1.29, 1.82) is 0 Å². The maximum atomic E-state index is 13.3. The lowest BCUT2D eigenvalue weighted by atomic mass is 9.83. The number of halogens is 2. The van der Waals surface area contributed by atoms with Crippen molar-refractivity contribution in [2.45, 2.75) is 38.8 Å². The summed E-state index contributed by atoms with van der Waals surface area (Å²) in [6.45, 7) is 2.57. The molecule has 174 valence electrons. The fourth-order valence-electron chi connectivity index (χ4n) is 3.84. The van der Waals surface area contributed by atoms with Crippen molar-refractivity contribution in [3.8, 4) is 11.1 Å². The third-order valence-electron chi connectivity index (χ3n) is 5.38. The van der Waals surface area contributed by atoms with Gasteiger partial charge in [-0.2, -0.15) is 5.10 Å². The predicted octanol–water partition coefficient (Wildman–Crippen LogP) is 6.59. The molecule has 4 aromatic rings. The summed E-state index contributed by atoms with van der Waals surface area (Å²) >= 11 is 12.4. The smallest absolute Gasteiger partial charge is 0.410 e. The summed E-state index contributed by atoms with van der Waals surface area (Å²) in [5.74, 6) is -2.03. The molecule has 2 aromatic carbocycles. The summed E-state index contributed by atoms with van der Waals surface area (Å²) in [6, 6.07) is 13.7. The van der Waals surface area contributed by atoms with Gasteiger partial charge in [-0.1, -0.05) is 41.4 Å². The lowest BCUT2D eigenvalue weighted by molar-refractivity contribution is 0.0213. The van der Waals surface area contributed by atoms with E-state index < -0.39 is 24.1 Å². The van der Waals surface area contributed by atoms with Crippen LogP contribution >= 0.6 is 23.2 Å². The average molecular weight is 498 g/mol. The number of amides is 1. The van der Waals surface area contributed by atoms with Crippen LogP contribution in [0.2, 0.25) is 10.0 Å². The zero-order valence-corrected chi connectivity index (χ0v) is 20.4. The van der Waals surface area contributed by atoms with E-state index in [1.807, 2.05) is 30.5 Å². The first-order chi connectivity index (χ1) is 17.3. The molecule has 6 nitrogen and oxygen atoms in total. The third kappa shape index (κ3) is 4.48. The van der Waals surface area contributed by atoms with Crippen molar-refractivity contribution in [3.63, 3.8) is 0 Å². The van der Waals surface area contributed by atoms with Gasteiger partial charge in [0, 0.05) is 32.1 Å². The van der Waals surface area contributed by atoms with Crippen molar-refractivity contribution < 1.29 is 13.6 Å². The highest BCUT2D eigenvalue weighted by Crippen LogP contribution is 2.38. The van der Waals surface area contributed by atoms with E-state index in [-0.39, 0.29) is 22.2 Å². The van der Waals surface area contributed by atoms with E-state index in [4.69, 9.17) is 30.7 Å². The average Bonchev–Trinajstić information content (AvgIpc) is 3.29. The van der Waals surface area contributed by atoms with Crippen LogP contribution in [-0.2, 0) is 11.3 Å². The van der Waals surface area contributed by atoms with Gasteiger partial charge in [-0.25, -0.2) is 14.3 Å². The zero-order chi connectivity index (χ0) is 26.8. The van der Waals surface area contributed by atoms with E-state index >= 15 is 0 Å². The zero-order valence-electron chi connectivity index (χ0n) is 21.8.